The van der Waals surface area contributed by atoms with Gasteiger partial charge in [0.25, 0.3) is 11.8 Å². The molecule has 0 unspecified atom stereocenters. The monoisotopic (exact) mass is 265 g/mol. The van der Waals surface area contributed by atoms with Crippen LogP contribution in [0.5, 0.6) is 5.75 Å². The molecule has 1 aliphatic rings. The van der Waals surface area contributed by atoms with Gasteiger partial charge in [-0.1, -0.05) is 11.6 Å². The number of phenolic OH excluding ortho intramolecular Hbond substituents is 1. The first kappa shape index (κ1) is 11.3. The Balaban J connectivity index is 1.89. The average molecular weight is 266 g/mol. The lowest BCUT2D eigenvalue weighted by atomic mass is 10.2. The van der Waals surface area contributed by atoms with Crippen LogP contribution in [-0.2, 0) is 0 Å². The summed E-state index contributed by atoms with van der Waals surface area (Å²) in [5.41, 5.74) is 0.704. The van der Waals surface area contributed by atoms with Crippen molar-refractivity contribution in [2.45, 2.75) is 12.8 Å². The molecule has 0 aliphatic carbocycles. The van der Waals surface area contributed by atoms with Gasteiger partial charge in [-0.3, -0.25) is 0 Å². The van der Waals surface area contributed by atoms with Crippen molar-refractivity contribution in [2.24, 2.45) is 0 Å². The highest BCUT2D eigenvalue weighted by Crippen LogP contribution is 2.29. The Hall–Kier alpha value is -1.75. The largest absolute Gasteiger partial charge is 0.506 e. The van der Waals surface area contributed by atoms with Gasteiger partial charge in [-0.15, -0.1) is 0 Å². The van der Waals surface area contributed by atoms with E-state index in [1.807, 2.05) is 0 Å². The summed E-state index contributed by atoms with van der Waals surface area (Å²) in [6.45, 7) is 1.94. The molecule has 3 rings (SSSR count). The molecule has 1 aromatic carbocycles. The van der Waals surface area contributed by atoms with Crippen LogP contribution >= 0.6 is 11.6 Å². The number of rotatable bonds is 2. The van der Waals surface area contributed by atoms with Gasteiger partial charge in [0.15, 0.2) is 0 Å². The molecular formula is C12H12ClN3O2. The van der Waals surface area contributed by atoms with E-state index in [2.05, 4.69) is 15.0 Å². The second-order valence-electron chi connectivity index (χ2n) is 4.26. The van der Waals surface area contributed by atoms with Crippen molar-refractivity contribution in [2.75, 3.05) is 18.0 Å². The van der Waals surface area contributed by atoms with Crippen LogP contribution in [0.2, 0.25) is 5.02 Å². The molecule has 0 radical (unpaired) electrons. The molecule has 1 aromatic heterocycles. The van der Waals surface area contributed by atoms with Crippen molar-refractivity contribution in [1.82, 2.24) is 10.1 Å². The van der Waals surface area contributed by atoms with E-state index >= 15 is 0 Å². The number of phenols is 1. The van der Waals surface area contributed by atoms with Gasteiger partial charge in [0, 0.05) is 18.7 Å². The van der Waals surface area contributed by atoms with E-state index in [0.717, 1.165) is 25.9 Å². The van der Waals surface area contributed by atoms with Crippen LogP contribution in [0.4, 0.5) is 5.95 Å². The van der Waals surface area contributed by atoms with Crippen LogP contribution in [0, 0.1) is 0 Å². The minimum atomic E-state index is 0.0414. The molecule has 1 fully saturated rings. The van der Waals surface area contributed by atoms with Gasteiger partial charge in [-0.05, 0) is 36.2 Å². The van der Waals surface area contributed by atoms with Crippen molar-refractivity contribution < 1.29 is 9.63 Å². The molecule has 0 amide bonds. The maximum Gasteiger partial charge on any atom is 0.266 e. The Bertz CT molecular complexity index is 564. The Morgan fingerprint density at radius 2 is 2.06 bits per heavy atom. The molecule has 0 bridgehead atoms. The molecule has 18 heavy (non-hydrogen) atoms. The number of aromatic hydroxyl groups is 1. The van der Waals surface area contributed by atoms with Crippen molar-refractivity contribution in [3.8, 4) is 17.2 Å². The molecule has 94 valence electrons. The first-order valence-corrected chi connectivity index (χ1v) is 6.19. The highest BCUT2D eigenvalue weighted by atomic mass is 35.5. The lowest BCUT2D eigenvalue weighted by Crippen LogP contribution is -2.18. The number of benzene rings is 1. The fourth-order valence-corrected chi connectivity index (χ4v) is 2.20. The summed E-state index contributed by atoms with van der Waals surface area (Å²) in [5, 5.41) is 13.6. The molecule has 1 N–H and O–H groups in total. The van der Waals surface area contributed by atoms with Gasteiger partial charge in [0.1, 0.15) is 5.75 Å². The van der Waals surface area contributed by atoms with E-state index in [1.54, 1.807) is 12.1 Å². The molecule has 0 saturated carbocycles. The molecule has 1 aliphatic heterocycles. The van der Waals surface area contributed by atoms with Crippen LogP contribution in [0.3, 0.4) is 0 Å². The van der Waals surface area contributed by atoms with Crippen LogP contribution in [0.25, 0.3) is 11.5 Å². The Kier molecular flexibility index (Phi) is 2.83. The smallest absolute Gasteiger partial charge is 0.266 e. The average Bonchev–Trinajstić information content (AvgIpc) is 3.01. The second kappa shape index (κ2) is 4.49. The number of hydrogen-bond donors (Lipinski definition) is 1. The van der Waals surface area contributed by atoms with E-state index in [-0.39, 0.29) is 10.8 Å². The van der Waals surface area contributed by atoms with E-state index in [0.29, 0.717) is 17.4 Å². The Morgan fingerprint density at radius 1 is 1.28 bits per heavy atom. The Labute approximate surface area is 109 Å². The fraction of sp³-hybridized carbons (Fsp3) is 0.333. The zero-order valence-corrected chi connectivity index (χ0v) is 10.4. The third-order valence-corrected chi connectivity index (χ3v) is 3.30. The van der Waals surface area contributed by atoms with Crippen LogP contribution in [0.1, 0.15) is 12.8 Å². The minimum absolute atomic E-state index is 0.0414. The van der Waals surface area contributed by atoms with Gasteiger partial charge in [0.05, 0.1) is 5.02 Å². The summed E-state index contributed by atoms with van der Waals surface area (Å²) in [5.74, 6) is 1.07. The molecule has 1 saturated heterocycles. The predicted molar refractivity (Wildman–Crippen MR) is 67.9 cm³/mol. The van der Waals surface area contributed by atoms with E-state index in [4.69, 9.17) is 16.1 Å². The SMILES string of the molecule is Oc1ccc(-c2nc(N3CCCC3)no2)cc1Cl. The van der Waals surface area contributed by atoms with E-state index in [1.165, 1.54) is 6.07 Å². The molecule has 6 heteroatoms. The van der Waals surface area contributed by atoms with Gasteiger partial charge < -0.3 is 14.5 Å². The minimum Gasteiger partial charge on any atom is -0.506 e. The van der Waals surface area contributed by atoms with Gasteiger partial charge in [-0.25, -0.2) is 0 Å². The quantitative estimate of drug-likeness (QED) is 0.905. The first-order chi connectivity index (χ1) is 8.74. The maximum absolute atomic E-state index is 9.36. The molecule has 5 nitrogen and oxygen atoms in total. The number of nitrogens with zero attached hydrogens (tertiary/aromatic N) is 3. The fourth-order valence-electron chi connectivity index (χ4n) is 2.02. The normalized spacial score (nSPS) is 15.3. The van der Waals surface area contributed by atoms with E-state index < -0.39 is 0 Å². The zero-order valence-electron chi connectivity index (χ0n) is 9.64. The third kappa shape index (κ3) is 2.01. The summed E-state index contributed by atoms with van der Waals surface area (Å²) < 4.78 is 5.21. The lowest BCUT2D eigenvalue weighted by molar-refractivity contribution is 0.430. The number of hydrogen-bond acceptors (Lipinski definition) is 5. The number of anilines is 1. The number of aromatic nitrogens is 2. The summed E-state index contributed by atoms with van der Waals surface area (Å²) in [6.07, 6.45) is 2.32. The number of halogens is 1. The van der Waals surface area contributed by atoms with Crippen molar-refractivity contribution in [1.29, 1.82) is 0 Å². The summed E-state index contributed by atoms with van der Waals surface area (Å²) in [6, 6.07) is 4.82. The van der Waals surface area contributed by atoms with Gasteiger partial charge in [-0.2, -0.15) is 4.98 Å². The van der Waals surface area contributed by atoms with Crippen LogP contribution < -0.4 is 4.90 Å². The highest BCUT2D eigenvalue weighted by molar-refractivity contribution is 6.32. The standard InChI is InChI=1S/C12H12ClN3O2/c13-9-7-8(3-4-10(9)17)11-14-12(15-18-11)16-5-1-2-6-16/h3-4,7,17H,1-2,5-6H2. The molecule has 2 heterocycles. The van der Waals surface area contributed by atoms with Crippen LogP contribution in [0.15, 0.2) is 22.7 Å². The van der Waals surface area contributed by atoms with Gasteiger partial charge >= 0.3 is 0 Å². The summed E-state index contributed by atoms with van der Waals surface area (Å²) in [7, 11) is 0. The predicted octanol–water partition coefficient (Wildman–Crippen LogP) is 2.70. The summed E-state index contributed by atoms with van der Waals surface area (Å²) >= 11 is 5.85. The zero-order chi connectivity index (χ0) is 12.5. The molecular weight excluding hydrogens is 254 g/mol. The Morgan fingerprint density at radius 3 is 2.78 bits per heavy atom. The molecule has 0 atom stereocenters. The highest BCUT2D eigenvalue weighted by Gasteiger charge is 2.18. The molecule has 2 aromatic rings. The van der Waals surface area contributed by atoms with E-state index in [9.17, 15) is 5.11 Å². The lowest BCUT2D eigenvalue weighted by Gasteiger charge is -2.09. The van der Waals surface area contributed by atoms with Crippen molar-refractivity contribution in [3.05, 3.63) is 23.2 Å². The second-order valence-corrected chi connectivity index (χ2v) is 4.67. The van der Waals surface area contributed by atoms with Crippen molar-refractivity contribution in [3.63, 3.8) is 0 Å². The third-order valence-electron chi connectivity index (χ3n) is 3.00. The molecule has 0 spiro atoms. The summed E-state index contributed by atoms with van der Waals surface area (Å²) in [4.78, 5) is 6.43. The van der Waals surface area contributed by atoms with Gasteiger partial charge in [0.2, 0.25) is 0 Å². The maximum atomic E-state index is 9.36. The first-order valence-electron chi connectivity index (χ1n) is 5.81. The van der Waals surface area contributed by atoms with Crippen LogP contribution in [-0.4, -0.2) is 28.3 Å². The topological polar surface area (TPSA) is 62.4 Å². The van der Waals surface area contributed by atoms with Crippen molar-refractivity contribution >= 4 is 17.5 Å².